The van der Waals surface area contributed by atoms with Gasteiger partial charge < -0.3 is 28.8 Å². The summed E-state index contributed by atoms with van der Waals surface area (Å²) in [4.78, 5) is 23.0. The minimum atomic E-state index is -1.04. The van der Waals surface area contributed by atoms with Crippen LogP contribution in [0.25, 0.3) is 11.0 Å². The molecule has 6 rings (SSSR count). The molecule has 2 aromatic carbocycles. The summed E-state index contributed by atoms with van der Waals surface area (Å²) in [5.74, 6) is 0.670. The second-order valence-corrected chi connectivity index (χ2v) is 10.4. The number of pyridine rings is 1. The van der Waals surface area contributed by atoms with Crippen LogP contribution in [0.4, 0.5) is 10.2 Å². The Morgan fingerprint density at radius 2 is 2.05 bits per heavy atom. The number of aromatic carboxylic acids is 1. The smallest absolute Gasteiger partial charge is 0.335 e. The van der Waals surface area contributed by atoms with Crippen LogP contribution < -0.4 is 14.4 Å². The predicted octanol–water partition coefficient (Wildman–Crippen LogP) is 4.56. The number of carboxylic acids is 1. The van der Waals surface area contributed by atoms with Crippen molar-refractivity contribution in [2.45, 2.75) is 32.2 Å². The normalized spacial score (nSPS) is 16.5. The maximum absolute atomic E-state index is 14.1. The second-order valence-electron chi connectivity index (χ2n) is 9.94. The molecule has 0 radical (unpaired) electrons. The van der Waals surface area contributed by atoms with Crippen molar-refractivity contribution in [1.82, 2.24) is 19.5 Å². The van der Waals surface area contributed by atoms with E-state index in [1.165, 1.54) is 19.2 Å². The van der Waals surface area contributed by atoms with E-state index in [0.29, 0.717) is 71.9 Å². The van der Waals surface area contributed by atoms with E-state index < -0.39 is 11.8 Å². The Morgan fingerprint density at radius 1 is 1.19 bits per heavy atom. The standard InChI is InChI=1S/C29H28ClFN6O5/c1-40-24-12-19(29(38)39)11-23-28(24)34-26(37(23)14-21-7-10-41-21)15-36-9-8-35(17-32-36)25-3-2-4-27(33-25)42-16-18-5-6-20(30)13-22(18)31/h2-6,11-13,17,21H,7-10,14-16H2,1H3,(H,38,39)/t21-/m0/s1. The summed E-state index contributed by atoms with van der Waals surface area (Å²) in [5, 5.41) is 16.5. The summed E-state index contributed by atoms with van der Waals surface area (Å²) in [6, 6.07) is 12.9. The van der Waals surface area contributed by atoms with E-state index in [1.54, 1.807) is 30.6 Å². The van der Waals surface area contributed by atoms with Crippen LogP contribution >= 0.6 is 11.6 Å². The molecular formula is C29H28ClFN6O5. The van der Waals surface area contributed by atoms with Gasteiger partial charge in [-0.25, -0.2) is 14.2 Å². The van der Waals surface area contributed by atoms with E-state index in [2.05, 4.69) is 10.1 Å². The highest BCUT2D eigenvalue weighted by Crippen LogP contribution is 2.30. The molecule has 0 saturated carbocycles. The number of halogens is 2. The van der Waals surface area contributed by atoms with Crippen molar-refractivity contribution < 1.29 is 28.5 Å². The van der Waals surface area contributed by atoms with Gasteiger partial charge in [-0.1, -0.05) is 23.7 Å². The number of nitrogens with zero attached hydrogens (tertiary/aromatic N) is 6. The summed E-state index contributed by atoms with van der Waals surface area (Å²) in [6.45, 7) is 2.87. The molecule has 0 bridgehead atoms. The Balaban J connectivity index is 1.18. The third-order valence-electron chi connectivity index (χ3n) is 7.22. The van der Waals surface area contributed by atoms with Gasteiger partial charge in [-0.05, 0) is 36.8 Å². The zero-order chi connectivity index (χ0) is 29.2. The van der Waals surface area contributed by atoms with Crippen LogP contribution in [0.2, 0.25) is 5.02 Å². The van der Waals surface area contributed by atoms with Crippen LogP contribution in [0.1, 0.15) is 28.2 Å². The molecule has 0 unspecified atom stereocenters. The zero-order valence-electron chi connectivity index (χ0n) is 22.7. The van der Waals surface area contributed by atoms with Crippen molar-refractivity contribution >= 4 is 40.8 Å². The van der Waals surface area contributed by atoms with E-state index in [-0.39, 0.29) is 18.3 Å². The number of hydrogen-bond donors (Lipinski definition) is 1. The highest BCUT2D eigenvalue weighted by Gasteiger charge is 2.25. The number of imidazole rings is 1. The molecule has 4 aromatic rings. The van der Waals surface area contributed by atoms with Crippen molar-refractivity contribution in [1.29, 1.82) is 0 Å². The molecule has 218 valence electrons. The Hall–Kier alpha value is -4.42. The van der Waals surface area contributed by atoms with Crippen molar-refractivity contribution in [2.24, 2.45) is 5.10 Å². The van der Waals surface area contributed by atoms with E-state index in [9.17, 15) is 14.3 Å². The van der Waals surface area contributed by atoms with Crippen LogP contribution in [-0.4, -0.2) is 69.9 Å². The number of aromatic nitrogens is 3. The third-order valence-corrected chi connectivity index (χ3v) is 7.45. The minimum Gasteiger partial charge on any atom is -0.494 e. The number of carbonyl (C=O) groups is 1. The van der Waals surface area contributed by atoms with Crippen LogP contribution in [0.5, 0.6) is 11.6 Å². The molecule has 2 aromatic heterocycles. The average Bonchev–Trinajstić information content (AvgIpc) is 3.31. The summed E-state index contributed by atoms with van der Waals surface area (Å²) >= 11 is 5.83. The van der Waals surface area contributed by atoms with Gasteiger partial charge in [0.15, 0.2) is 0 Å². The number of methoxy groups -OCH3 is 1. The van der Waals surface area contributed by atoms with Gasteiger partial charge in [0.1, 0.15) is 41.7 Å². The molecule has 2 aliphatic rings. The first kappa shape index (κ1) is 27.7. The maximum Gasteiger partial charge on any atom is 0.335 e. The summed E-state index contributed by atoms with van der Waals surface area (Å²) in [7, 11) is 1.50. The first-order valence-electron chi connectivity index (χ1n) is 13.4. The topological polar surface area (TPSA) is 115 Å². The van der Waals surface area contributed by atoms with Gasteiger partial charge in [0.05, 0.1) is 43.9 Å². The van der Waals surface area contributed by atoms with E-state index in [4.69, 9.17) is 30.8 Å². The third kappa shape index (κ3) is 5.81. The first-order valence-corrected chi connectivity index (χ1v) is 13.8. The highest BCUT2D eigenvalue weighted by atomic mass is 35.5. The van der Waals surface area contributed by atoms with E-state index in [0.717, 1.165) is 12.2 Å². The fourth-order valence-corrected chi connectivity index (χ4v) is 5.00. The van der Waals surface area contributed by atoms with E-state index in [1.807, 2.05) is 26.6 Å². The number of fused-ring (bicyclic) bond motifs is 1. The number of rotatable bonds is 10. The van der Waals surface area contributed by atoms with Gasteiger partial charge in [0.2, 0.25) is 5.88 Å². The largest absolute Gasteiger partial charge is 0.494 e. The predicted molar refractivity (Wildman–Crippen MR) is 154 cm³/mol. The molecule has 0 amide bonds. The number of hydrogen-bond acceptors (Lipinski definition) is 9. The van der Waals surface area contributed by atoms with Crippen LogP contribution in [0.15, 0.2) is 53.6 Å². The Morgan fingerprint density at radius 3 is 2.74 bits per heavy atom. The number of carboxylic acid groups (broad SMARTS) is 1. The molecule has 1 fully saturated rings. The number of ether oxygens (including phenoxy) is 3. The minimum absolute atomic E-state index is 0.0208. The summed E-state index contributed by atoms with van der Waals surface area (Å²) < 4.78 is 33.0. The fourth-order valence-electron chi connectivity index (χ4n) is 4.84. The van der Waals surface area contributed by atoms with Crippen LogP contribution in [-0.2, 0) is 24.4 Å². The molecule has 1 atom stereocenters. The first-order chi connectivity index (χ1) is 20.4. The summed E-state index contributed by atoms with van der Waals surface area (Å²) in [5.41, 5.74) is 1.79. The molecule has 1 N–H and O–H groups in total. The lowest BCUT2D eigenvalue weighted by Gasteiger charge is -2.30. The molecule has 13 heteroatoms. The van der Waals surface area contributed by atoms with Gasteiger partial charge in [0, 0.05) is 29.8 Å². The molecule has 2 aliphatic heterocycles. The quantitative estimate of drug-likeness (QED) is 0.282. The second kappa shape index (κ2) is 11.8. The Kier molecular flexibility index (Phi) is 7.81. The molecule has 1 saturated heterocycles. The Bertz CT molecular complexity index is 1660. The molecule has 4 heterocycles. The van der Waals surface area contributed by atoms with Gasteiger partial charge in [-0.3, -0.25) is 5.01 Å². The van der Waals surface area contributed by atoms with Crippen LogP contribution in [0.3, 0.4) is 0 Å². The van der Waals surface area contributed by atoms with Crippen molar-refractivity contribution in [3.63, 3.8) is 0 Å². The lowest BCUT2D eigenvalue weighted by atomic mass is 10.1. The Labute approximate surface area is 245 Å². The maximum atomic E-state index is 14.1. The number of hydrazone groups is 1. The number of benzene rings is 2. The molecule has 11 nitrogen and oxygen atoms in total. The fraction of sp³-hybridized carbons (Fsp3) is 0.310. The molecule has 0 aliphatic carbocycles. The average molecular weight is 595 g/mol. The SMILES string of the molecule is COc1cc(C(=O)O)cc2c1nc(CN1CCN(c3cccc(OCc4ccc(Cl)cc4F)n3)C=N1)n2C[C@@H]1CCO1. The molecule has 42 heavy (non-hydrogen) atoms. The number of anilines is 1. The van der Waals surface area contributed by atoms with Gasteiger partial charge >= 0.3 is 5.97 Å². The lowest BCUT2D eigenvalue weighted by molar-refractivity contribution is -0.0592. The lowest BCUT2D eigenvalue weighted by Crippen LogP contribution is -2.38. The molecule has 0 spiro atoms. The van der Waals surface area contributed by atoms with Gasteiger partial charge in [-0.2, -0.15) is 10.1 Å². The zero-order valence-corrected chi connectivity index (χ0v) is 23.5. The van der Waals surface area contributed by atoms with Gasteiger partial charge in [0.25, 0.3) is 0 Å². The monoisotopic (exact) mass is 594 g/mol. The van der Waals surface area contributed by atoms with Crippen LogP contribution in [0, 0.1) is 5.82 Å². The van der Waals surface area contributed by atoms with E-state index >= 15 is 0 Å². The van der Waals surface area contributed by atoms with Crippen molar-refractivity contribution in [2.75, 3.05) is 31.7 Å². The van der Waals surface area contributed by atoms with Gasteiger partial charge in [-0.15, -0.1) is 0 Å². The molecular weight excluding hydrogens is 567 g/mol. The highest BCUT2D eigenvalue weighted by molar-refractivity contribution is 6.30. The van der Waals surface area contributed by atoms with Crippen molar-refractivity contribution in [3.05, 3.63) is 76.3 Å². The van der Waals surface area contributed by atoms with Crippen molar-refractivity contribution in [3.8, 4) is 11.6 Å². The summed E-state index contributed by atoms with van der Waals surface area (Å²) in [6.07, 6.45) is 2.66.